The van der Waals surface area contributed by atoms with Crippen molar-refractivity contribution in [1.29, 1.82) is 0 Å². The maximum atomic E-state index is 12.9. The van der Waals surface area contributed by atoms with Gasteiger partial charge in [-0.3, -0.25) is 19.3 Å². The molecule has 1 aliphatic heterocycles. The van der Waals surface area contributed by atoms with E-state index in [-0.39, 0.29) is 23.2 Å². The zero-order valence-corrected chi connectivity index (χ0v) is 17.8. The lowest BCUT2D eigenvalue weighted by Gasteiger charge is -2.14. The number of rotatable bonds is 9. The standard InChI is InChI=1S/C21H24N4O5S/c1-2-3-10-17(24-20-16-9-4-5-11-18(16)31(28,29)25-20)21(27)23-14-7-6-8-15(12-14)30-13-19(22)26/h4-9,11-12,17H,2-3,10,13H2,1H3,(H2,22,26)(H,23,27)(H,24,25)/t17-/m0/s1. The van der Waals surface area contributed by atoms with Crippen LogP contribution in [0.2, 0.25) is 0 Å². The van der Waals surface area contributed by atoms with Crippen molar-refractivity contribution in [2.24, 2.45) is 10.7 Å². The smallest absolute Gasteiger partial charge is 0.263 e. The van der Waals surface area contributed by atoms with Gasteiger partial charge in [-0.1, -0.05) is 38.0 Å². The first-order chi connectivity index (χ1) is 14.8. The van der Waals surface area contributed by atoms with E-state index < -0.39 is 22.0 Å². The lowest BCUT2D eigenvalue weighted by molar-refractivity contribution is -0.120. The molecule has 0 bridgehead atoms. The average Bonchev–Trinajstić information content (AvgIpc) is 3.00. The number of carbonyl (C=O) groups excluding carboxylic acids is 2. The van der Waals surface area contributed by atoms with Crippen LogP contribution in [0.25, 0.3) is 0 Å². The van der Waals surface area contributed by atoms with Crippen molar-refractivity contribution in [3.05, 3.63) is 54.1 Å². The Morgan fingerprint density at radius 3 is 2.71 bits per heavy atom. The average molecular weight is 445 g/mol. The lowest BCUT2D eigenvalue weighted by Crippen LogP contribution is -2.30. The highest BCUT2D eigenvalue weighted by molar-refractivity contribution is 7.90. The summed E-state index contributed by atoms with van der Waals surface area (Å²) >= 11 is 0. The first-order valence-corrected chi connectivity index (χ1v) is 11.3. The number of primary amides is 1. The third kappa shape index (κ3) is 5.60. The number of amidine groups is 1. The molecule has 31 heavy (non-hydrogen) atoms. The van der Waals surface area contributed by atoms with Gasteiger partial charge in [0.25, 0.3) is 15.9 Å². The summed E-state index contributed by atoms with van der Waals surface area (Å²) in [5, 5.41) is 2.78. The van der Waals surface area contributed by atoms with E-state index in [0.717, 1.165) is 12.8 Å². The molecule has 2 aromatic rings. The van der Waals surface area contributed by atoms with Crippen molar-refractivity contribution >= 4 is 33.4 Å². The number of aliphatic imine (C=N–C) groups is 1. The molecular weight excluding hydrogens is 420 g/mol. The Kier molecular flexibility index (Phi) is 6.91. The molecule has 2 amide bonds. The van der Waals surface area contributed by atoms with Crippen LogP contribution in [0.4, 0.5) is 5.69 Å². The molecule has 3 rings (SSSR count). The largest absolute Gasteiger partial charge is 0.484 e. The first kappa shape index (κ1) is 22.3. The van der Waals surface area contributed by atoms with Crippen LogP contribution < -0.4 is 20.5 Å². The molecule has 4 N–H and O–H groups in total. The number of sulfonamides is 1. The summed E-state index contributed by atoms with van der Waals surface area (Å²) in [6.07, 6.45) is 2.05. The number of nitrogens with zero attached hydrogens (tertiary/aromatic N) is 1. The second kappa shape index (κ2) is 9.61. The Balaban J connectivity index is 1.82. The normalized spacial score (nSPS) is 16.2. The van der Waals surface area contributed by atoms with E-state index in [2.05, 4.69) is 15.0 Å². The van der Waals surface area contributed by atoms with Crippen LogP contribution in [0.15, 0.2) is 58.4 Å². The van der Waals surface area contributed by atoms with Gasteiger partial charge in [0.2, 0.25) is 5.91 Å². The number of anilines is 1. The van der Waals surface area contributed by atoms with Crippen molar-refractivity contribution in [1.82, 2.24) is 4.72 Å². The summed E-state index contributed by atoms with van der Waals surface area (Å²) in [5.74, 6) is -0.448. The molecule has 0 saturated carbocycles. The quantitative estimate of drug-likeness (QED) is 0.541. The highest BCUT2D eigenvalue weighted by atomic mass is 32.2. The van der Waals surface area contributed by atoms with E-state index >= 15 is 0 Å². The third-order valence-corrected chi connectivity index (χ3v) is 5.96. The SMILES string of the molecule is CCCC[C@H](N=C1NS(=O)(=O)c2ccccc21)C(=O)Nc1cccc(OCC(N)=O)c1. The molecule has 10 heteroatoms. The summed E-state index contributed by atoms with van der Waals surface area (Å²) in [5.41, 5.74) is 5.98. The second-order valence-corrected chi connectivity index (χ2v) is 8.66. The molecule has 0 aliphatic carbocycles. The van der Waals surface area contributed by atoms with Crippen molar-refractivity contribution in [2.75, 3.05) is 11.9 Å². The number of benzene rings is 2. The number of amides is 2. The number of carbonyl (C=O) groups is 2. The highest BCUT2D eigenvalue weighted by Gasteiger charge is 2.31. The van der Waals surface area contributed by atoms with Crippen LogP contribution in [-0.4, -0.2) is 38.7 Å². The number of ether oxygens (including phenoxy) is 1. The molecule has 2 aromatic carbocycles. The van der Waals surface area contributed by atoms with E-state index in [1.165, 1.54) is 6.07 Å². The van der Waals surface area contributed by atoms with Crippen molar-refractivity contribution in [3.8, 4) is 5.75 Å². The molecule has 0 unspecified atom stereocenters. The molecule has 0 spiro atoms. The van der Waals surface area contributed by atoms with Gasteiger partial charge in [0, 0.05) is 17.3 Å². The van der Waals surface area contributed by atoms with Crippen molar-refractivity contribution < 1.29 is 22.7 Å². The van der Waals surface area contributed by atoms with Gasteiger partial charge in [-0.2, -0.15) is 0 Å². The van der Waals surface area contributed by atoms with Gasteiger partial charge in [0.1, 0.15) is 17.6 Å². The predicted molar refractivity (Wildman–Crippen MR) is 116 cm³/mol. The molecule has 1 atom stereocenters. The summed E-state index contributed by atoms with van der Waals surface area (Å²) in [6, 6.07) is 12.3. The number of unbranched alkanes of at least 4 members (excludes halogenated alkanes) is 1. The number of hydrogen-bond donors (Lipinski definition) is 3. The molecule has 0 fully saturated rings. The fourth-order valence-corrected chi connectivity index (χ4v) is 4.32. The van der Waals surface area contributed by atoms with E-state index in [9.17, 15) is 18.0 Å². The van der Waals surface area contributed by atoms with Gasteiger partial charge < -0.3 is 15.8 Å². The summed E-state index contributed by atoms with van der Waals surface area (Å²) in [6.45, 7) is 1.72. The van der Waals surface area contributed by atoms with Gasteiger partial charge >= 0.3 is 0 Å². The Morgan fingerprint density at radius 2 is 1.97 bits per heavy atom. The van der Waals surface area contributed by atoms with Gasteiger partial charge in [-0.25, -0.2) is 8.42 Å². The zero-order chi connectivity index (χ0) is 22.4. The predicted octanol–water partition coefficient (Wildman–Crippen LogP) is 1.79. The van der Waals surface area contributed by atoms with Crippen LogP contribution in [0.3, 0.4) is 0 Å². The van der Waals surface area contributed by atoms with Crippen LogP contribution in [0.1, 0.15) is 31.7 Å². The first-order valence-electron chi connectivity index (χ1n) is 9.82. The van der Waals surface area contributed by atoms with E-state index in [1.807, 2.05) is 6.92 Å². The Hall–Kier alpha value is -3.40. The maximum absolute atomic E-state index is 12.9. The van der Waals surface area contributed by atoms with Gasteiger partial charge in [0.05, 0.1) is 4.90 Å². The summed E-state index contributed by atoms with van der Waals surface area (Å²) in [4.78, 5) is 28.4. The fourth-order valence-electron chi connectivity index (χ4n) is 3.08. The lowest BCUT2D eigenvalue weighted by atomic mass is 10.1. The minimum absolute atomic E-state index is 0.141. The Labute approximate surface area is 180 Å². The number of nitrogens with one attached hydrogen (secondary N) is 2. The topological polar surface area (TPSA) is 140 Å². The number of hydrogen-bond acceptors (Lipinski definition) is 6. The molecule has 1 heterocycles. The van der Waals surface area contributed by atoms with Crippen LogP contribution in [0, 0.1) is 0 Å². The Bertz CT molecular complexity index is 1110. The van der Waals surface area contributed by atoms with E-state index in [0.29, 0.717) is 23.4 Å². The minimum Gasteiger partial charge on any atom is -0.484 e. The second-order valence-electron chi connectivity index (χ2n) is 7.01. The maximum Gasteiger partial charge on any atom is 0.263 e. The molecular formula is C21H24N4O5S. The summed E-state index contributed by atoms with van der Waals surface area (Å²) in [7, 11) is -3.69. The molecule has 1 aliphatic rings. The molecule has 9 nitrogen and oxygen atoms in total. The van der Waals surface area contributed by atoms with E-state index in [1.54, 1.807) is 42.5 Å². The van der Waals surface area contributed by atoms with Gasteiger partial charge in [-0.15, -0.1) is 0 Å². The molecule has 0 saturated heterocycles. The van der Waals surface area contributed by atoms with Crippen molar-refractivity contribution in [2.45, 2.75) is 37.1 Å². The van der Waals surface area contributed by atoms with Gasteiger partial charge in [-0.05, 0) is 30.7 Å². The minimum atomic E-state index is -3.69. The van der Waals surface area contributed by atoms with Crippen molar-refractivity contribution in [3.63, 3.8) is 0 Å². The molecule has 0 aromatic heterocycles. The monoisotopic (exact) mass is 444 g/mol. The highest BCUT2D eigenvalue weighted by Crippen LogP contribution is 2.24. The van der Waals surface area contributed by atoms with Gasteiger partial charge in [0.15, 0.2) is 6.61 Å². The number of fused-ring (bicyclic) bond motifs is 1. The molecule has 164 valence electrons. The fraction of sp³-hybridized carbons (Fsp3) is 0.286. The van der Waals surface area contributed by atoms with Crippen LogP contribution in [0.5, 0.6) is 5.75 Å². The van der Waals surface area contributed by atoms with Crippen LogP contribution >= 0.6 is 0 Å². The molecule has 0 radical (unpaired) electrons. The summed E-state index contributed by atoms with van der Waals surface area (Å²) < 4.78 is 32.3. The number of nitrogens with two attached hydrogens (primary N) is 1. The third-order valence-electron chi connectivity index (χ3n) is 4.56. The van der Waals surface area contributed by atoms with Crippen LogP contribution in [-0.2, 0) is 19.6 Å². The van der Waals surface area contributed by atoms with E-state index in [4.69, 9.17) is 10.5 Å². The Morgan fingerprint density at radius 1 is 1.19 bits per heavy atom. The zero-order valence-electron chi connectivity index (χ0n) is 17.0.